The number of hydrogen-bond acceptors (Lipinski definition) is 2. The summed E-state index contributed by atoms with van der Waals surface area (Å²) in [7, 11) is 0. The van der Waals surface area contributed by atoms with Gasteiger partial charge in [0.1, 0.15) is 5.54 Å². The van der Waals surface area contributed by atoms with Crippen molar-refractivity contribution < 1.29 is 9.90 Å². The van der Waals surface area contributed by atoms with Crippen molar-refractivity contribution >= 4 is 17.6 Å². The van der Waals surface area contributed by atoms with Crippen LogP contribution < -0.4 is 5.32 Å². The molecule has 2 N–H and O–H groups in total. The molecule has 1 aromatic carbocycles. The van der Waals surface area contributed by atoms with Crippen molar-refractivity contribution in [3.63, 3.8) is 0 Å². The molecule has 0 saturated heterocycles. The van der Waals surface area contributed by atoms with Crippen molar-refractivity contribution in [2.45, 2.75) is 31.2 Å². The zero-order chi connectivity index (χ0) is 13.5. The molecule has 3 rings (SSSR count). The van der Waals surface area contributed by atoms with E-state index in [1.54, 1.807) is 12.1 Å². The maximum atomic E-state index is 11.9. The molecule has 2 fully saturated rings. The van der Waals surface area contributed by atoms with Crippen LogP contribution in [0.3, 0.4) is 0 Å². The fraction of sp³-hybridized carbons (Fsp3) is 0.533. The molecule has 1 unspecified atom stereocenters. The fourth-order valence-electron chi connectivity index (χ4n) is 2.71. The molecule has 4 heteroatoms. The first-order valence-corrected chi connectivity index (χ1v) is 7.25. The summed E-state index contributed by atoms with van der Waals surface area (Å²) in [5, 5.41) is 13.8. The fourth-order valence-corrected chi connectivity index (χ4v) is 2.84. The van der Waals surface area contributed by atoms with Gasteiger partial charge in [0.15, 0.2) is 0 Å². The van der Waals surface area contributed by atoms with E-state index in [0.29, 0.717) is 10.9 Å². The molecule has 0 heterocycles. The number of aliphatic carboxylic acids is 1. The number of carbonyl (C=O) groups is 1. The number of benzene rings is 1. The normalized spacial score (nSPS) is 21.9. The first-order valence-electron chi connectivity index (χ1n) is 6.87. The number of nitrogens with one attached hydrogen (secondary N) is 1. The molecule has 1 aromatic rings. The van der Waals surface area contributed by atoms with E-state index in [-0.39, 0.29) is 5.92 Å². The van der Waals surface area contributed by atoms with Crippen LogP contribution >= 0.6 is 11.6 Å². The van der Waals surface area contributed by atoms with E-state index in [1.807, 2.05) is 12.1 Å². The lowest BCUT2D eigenvalue weighted by Gasteiger charge is -2.31. The van der Waals surface area contributed by atoms with Gasteiger partial charge < -0.3 is 5.11 Å². The Labute approximate surface area is 118 Å². The van der Waals surface area contributed by atoms with E-state index in [1.165, 1.54) is 12.8 Å². The molecule has 2 aliphatic rings. The second-order valence-corrected chi connectivity index (χ2v) is 6.16. The summed E-state index contributed by atoms with van der Waals surface area (Å²) in [5.74, 6) is 0.0904. The number of halogens is 1. The highest BCUT2D eigenvalue weighted by Gasteiger charge is 2.52. The summed E-state index contributed by atoms with van der Waals surface area (Å²) < 4.78 is 0. The lowest BCUT2D eigenvalue weighted by atomic mass is 9.84. The van der Waals surface area contributed by atoms with Gasteiger partial charge >= 0.3 is 5.97 Å². The first-order chi connectivity index (χ1) is 9.13. The molecular weight excluding hydrogens is 262 g/mol. The SMILES string of the molecule is O=C(O)C(NCC1CC1)(c1ccc(Cl)cc1)C1CC1. The average Bonchev–Trinajstić information content (AvgIpc) is 3.26. The Bertz CT molecular complexity index is 479. The van der Waals surface area contributed by atoms with Gasteiger partial charge in [-0.15, -0.1) is 0 Å². The maximum Gasteiger partial charge on any atom is 0.328 e. The van der Waals surface area contributed by atoms with Crippen LogP contribution in [0.15, 0.2) is 24.3 Å². The summed E-state index contributed by atoms with van der Waals surface area (Å²) in [5.41, 5.74) is -0.0970. The van der Waals surface area contributed by atoms with E-state index < -0.39 is 11.5 Å². The zero-order valence-electron chi connectivity index (χ0n) is 10.7. The average molecular weight is 280 g/mol. The van der Waals surface area contributed by atoms with Crippen molar-refractivity contribution in [2.75, 3.05) is 6.54 Å². The van der Waals surface area contributed by atoms with Gasteiger partial charge in [0, 0.05) is 5.02 Å². The minimum Gasteiger partial charge on any atom is -0.480 e. The highest BCUT2D eigenvalue weighted by molar-refractivity contribution is 6.30. The minimum atomic E-state index is -0.923. The Morgan fingerprint density at radius 3 is 2.37 bits per heavy atom. The van der Waals surface area contributed by atoms with Crippen LogP contribution in [0, 0.1) is 11.8 Å². The van der Waals surface area contributed by atoms with Crippen molar-refractivity contribution in [1.82, 2.24) is 5.32 Å². The Hall–Kier alpha value is -1.06. The van der Waals surface area contributed by atoms with Crippen LogP contribution in [0.4, 0.5) is 0 Å². The van der Waals surface area contributed by atoms with Crippen LogP contribution in [0.2, 0.25) is 5.02 Å². The Morgan fingerprint density at radius 1 is 1.26 bits per heavy atom. The molecule has 0 spiro atoms. The second kappa shape index (κ2) is 4.80. The Kier molecular flexibility index (Phi) is 3.27. The second-order valence-electron chi connectivity index (χ2n) is 5.72. The van der Waals surface area contributed by atoms with Gasteiger partial charge in [0.25, 0.3) is 0 Å². The highest BCUT2D eigenvalue weighted by atomic mass is 35.5. The molecule has 2 aliphatic carbocycles. The topological polar surface area (TPSA) is 49.3 Å². The molecule has 1 atom stereocenters. The maximum absolute atomic E-state index is 11.9. The predicted molar refractivity (Wildman–Crippen MR) is 74.2 cm³/mol. The van der Waals surface area contributed by atoms with E-state index in [9.17, 15) is 9.90 Å². The third-order valence-electron chi connectivity index (χ3n) is 4.19. The lowest BCUT2D eigenvalue weighted by Crippen LogP contribution is -2.51. The number of rotatable bonds is 6. The standard InChI is InChI=1S/C15H18ClNO2/c16-13-7-5-12(6-8-13)15(14(18)19,11-3-4-11)17-9-10-1-2-10/h5-8,10-11,17H,1-4,9H2,(H,18,19). The molecule has 0 aromatic heterocycles. The van der Waals surface area contributed by atoms with E-state index in [2.05, 4.69) is 5.32 Å². The van der Waals surface area contributed by atoms with Crippen LogP contribution in [-0.4, -0.2) is 17.6 Å². The summed E-state index contributed by atoms with van der Waals surface area (Å²) in [4.78, 5) is 11.9. The summed E-state index contributed by atoms with van der Waals surface area (Å²) in [6.07, 6.45) is 4.39. The van der Waals surface area contributed by atoms with Crippen LogP contribution in [0.5, 0.6) is 0 Å². The monoisotopic (exact) mass is 279 g/mol. The van der Waals surface area contributed by atoms with Gasteiger partial charge in [-0.1, -0.05) is 23.7 Å². The minimum absolute atomic E-state index is 0.199. The van der Waals surface area contributed by atoms with E-state index >= 15 is 0 Å². The lowest BCUT2D eigenvalue weighted by molar-refractivity contribution is -0.146. The first kappa shape index (κ1) is 12.9. The Morgan fingerprint density at radius 2 is 1.89 bits per heavy atom. The summed E-state index contributed by atoms with van der Waals surface area (Å²) in [6, 6.07) is 7.23. The largest absolute Gasteiger partial charge is 0.480 e. The molecule has 102 valence electrons. The van der Waals surface area contributed by atoms with Gasteiger partial charge in [-0.2, -0.15) is 0 Å². The van der Waals surface area contributed by atoms with Crippen LogP contribution in [0.25, 0.3) is 0 Å². The molecule has 2 saturated carbocycles. The van der Waals surface area contributed by atoms with Crippen molar-refractivity contribution in [3.8, 4) is 0 Å². The number of carboxylic acids is 1. The number of carboxylic acid groups (broad SMARTS) is 1. The van der Waals surface area contributed by atoms with Gasteiger partial charge in [0.2, 0.25) is 0 Å². The Balaban J connectivity index is 1.92. The van der Waals surface area contributed by atoms with Crippen molar-refractivity contribution in [3.05, 3.63) is 34.9 Å². The third-order valence-corrected chi connectivity index (χ3v) is 4.45. The van der Waals surface area contributed by atoms with E-state index in [4.69, 9.17) is 11.6 Å². The molecule has 0 bridgehead atoms. The van der Waals surface area contributed by atoms with Gasteiger partial charge in [0.05, 0.1) is 0 Å². The molecule has 0 amide bonds. The van der Waals surface area contributed by atoms with Crippen molar-refractivity contribution in [2.24, 2.45) is 11.8 Å². The predicted octanol–water partition coefficient (Wildman–Crippen LogP) is 3.03. The smallest absolute Gasteiger partial charge is 0.328 e. The van der Waals surface area contributed by atoms with Crippen molar-refractivity contribution in [1.29, 1.82) is 0 Å². The molecule has 0 aliphatic heterocycles. The summed E-state index contributed by atoms with van der Waals surface area (Å²) in [6.45, 7) is 0.797. The summed E-state index contributed by atoms with van der Waals surface area (Å²) >= 11 is 5.91. The van der Waals surface area contributed by atoms with Gasteiger partial charge in [-0.05, 0) is 61.8 Å². The molecule has 19 heavy (non-hydrogen) atoms. The molecule has 3 nitrogen and oxygen atoms in total. The van der Waals surface area contributed by atoms with Gasteiger partial charge in [-0.25, -0.2) is 4.79 Å². The van der Waals surface area contributed by atoms with E-state index in [0.717, 1.165) is 24.9 Å². The zero-order valence-corrected chi connectivity index (χ0v) is 11.5. The van der Waals surface area contributed by atoms with Crippen LogP contribution in [0.1, 0.15) is 31.2 Å². The number of hydrogen-bond donors (Lipinski definition) is 2. The highest BCUT2D eigenvalue weighted by Crippen LogP contribution is 2.46. The van der Waals surface area contributed by atoms with Crippen LogP contribution in [-0.2, 0) is 10.3 Å². The van der Waals surface area contributed by atoms with Gasteiger partial charge in [-0.3, -0.25) is 5.32 Å². The third kappa shape index (κ3) is 2.49. The quantitative estimate of drug-likeness (QED) is 0.841. The molecular formula is C15H18ClNO2. The molecule has 0 radical (unpaired) electrons.